The molecule has 0 fully saturated rings. The molecule has 0 aliphatic rings. The molecule has 1 atom stereocenters. The number of hydrogen-bond acceptors (Lipinski definition) is 1. The molecular formula is C12H13N. The van der Waals surface area contributed by atoms with Crippen molar-refractivity contribution in [3.05, 3.63) is 48.0 Å². The van der Waals surface area contributed by atoms with E-state index in [0.29, 0.717) is 6.42 Å². The average Bonchev–Trinajstić information content (AvgIpc) is 2.19. The van der Waals surface area contributed by atoms with Crippen LogP contribution in [-0.4, -0.2) is 0 Å². The molecule has 1 rings (SSSR count). The van der Waals surface area contributed by atoms with Crippen molar-refractivity contribution in [1.29, 1.82) is 5.26 Å². The molecular weight excluding hydrogens is 158 g/mol. The van der Waals surface area contributed by atoms with E-state index in [9.17, 15) is 0 Å². The maximum atomic E-state index is 8.64. The molecule has 0 aliphatic heterocycles. The standard InChI is InChI=1S/C12H13N/c1-2-6-11(9-10-13)12-7-4-3-5-8-12/h2-8,11H,9H2,1H3. The number of benzene rings is 1. The fourth-order valence-corrected chi connectivity index (χ4v) is 1.33. The monoisotopic (exact) mass is 171 g/mol. The van der Waals surface area contributed by atoms with Crippen LogP contribution in [0.3, 0.4) is 0 Å². The Labute approximate surface area is 79.3 Å². The molecule has 13 heavy (non-hydrogen) atoms. The van der Waals surface area contributed by atoms with Crippen LogP contribution in [0.4, 0.5) is 0 Å². The molecule has 0 bridgehead atoms. The zero-order chi connectivity index (χ0) is 9.52. The van der Waals surface area contributed by atoms with Crippen LogP contribution in [0.15, 0.2) is 42.5 Å². The molecule has 1 heteroatoms. The van der Waals surface area contributed by atoms with Crippen molar-refractivity contribution in [3.8, 4) is 6.07 Å². The number of hydrogen-bond donors (Lipinski definition) is 0. The van der Waals surface area contributed by atoms with Crippen LogP contribution in [0.5, 0.6) is 0 Å². The SMILES string of the molecule is CC=CC(CC#N)c1ccccc1. The lowest BCUT2D eigenvalue weighted by Gasteiger charge is -2.07. The number of nitriles is 1. The third-order valence-corrected chi connectivity index (χ3v) is 1.96. The second kappa shape index (κ2) is 5.16. The van der Waals surface area contributed by atoms with E-state index in [-0.39, 0.29) is 5.92 Å². The van der Waals surface area contributed by atoms with Gasteiger partial charge in [0.15, 0.2) is 0 Å². The van der Waals surface area contributed by atoms with Crippen molar-refractivity contribution in [2.45, 2.75) is 19.3 Å². The highest BCUT2D eigenvalue weighted by Crippen LogP contribution is 2.19. The van der Waals surface area contributed by atoms with E-state index in [1.807, 2.05) is 31.2 Å². The van der Waals surface area contributed by atoms with Gasteiger partial charge in [-0.25, -0.2) is 0 Å². The molecule has 1 unspecified atom stereocenters. The second-order valence-corrected chi connectivity index (χ2v) is 2.91. The first-order valence-electron chi connectivity index (χ1n) is 4.43. The number of rotatable bonds is 3. The lowest BCUT2D eigenvalue weighted by molar-refractivity contribution is 0.871. The molecule has 0 N–H and O–H groups in total. The summed E-state index contributed by atoms with van der Waals surface area (Å²) in [5.41, 5.74) is 1.21. The largest absolute Gasteiger partial charge is 0.198 e. The number of allylic oxidation sites excluding steroid dienone is 2. The minimum absolute atomic E-state index is 0.246. The highest BCUT2D eigenvalue weighted by molar-refractivity contribution is 5.24. The molecule has 0 radical (unpaired) electrons. The first-order chi connectivity index (χ1) is 6.38. The van der Waals surface area contributed by atoms with Gasteiger partial charge in [-0.3, -0.25) is 0 Å². The molecule has 0 saturated carbocycles. The highest BCUT2D eigenvalue weighted by atomic mass is 14.2. The molecule has 0 aliphatic carbocycles. The zero-order valence-corrected chi connectivity index (χ0v) is 7.77. The predicted octanol–water partition coefficient (Wildman–Crippen LogP) is 3.26. The Kier molecular flexibility index (Phi) is 3.78. The topological polar surface area (TPSA) is 23.8 Å². The van der Waals surface area contributed by atoms with E-state index in [4.69, 9.17) is 5.26 Å². The number of nitrogens with zero attached hydrogens (tertiary/aromatic N) is 1. The van der Waals surface area contributed by atoms with Gasteiger partial charge in [-0.1, -0.05) is 42.5 Å². The minimum Gasteiger partial charge on any atom is -0.198 e. The summed E-state index contributed by atoms with van der Waals surface area (Å²) >= 11 is 0. The second-order valence-electron chi connectivity index (χ2n) is 2.91. The van der Waals surface area contributed by atoms with Crippen molar-refractivity contribution < 1.29 is 0 Å². The van der Waals surface area contributed by atoms with Crippen LogP contribution in [0.25, 0.3) is 0 Å². The van der Waals surface area contributed by atoms with Gasteiger partial charge in [0.25, 0.3) is 0 Å². The van der Waals surface area contributed by atoms with E-state index in [0.717, 1.165) is 0 Å². The third kappa shape index (κ3) is 2.76. The third-order valence-electron chi connectivity index (χ3n) is 1.96. The van der Waals surface area contributed by atoms with Gasteiger partial charge in [0.05, 0.1) is 6.07 Å². The van der Waals surface area contributed by atoms with Crippen LogP contribution in [0.1, 0.15) is 24.8 Å². The highest BCUT2D eigenvalue weighted by Gasteiger charge is 2.05. The van der Waals surface area contributed by atoms with Crippen LogP contribution in [0.2, 0.25) is 0 Å². The van der Waals surface area contributed by atoms with Crippen molar-refractivity contribution in [1.82, 2.24) is 0 Å². The average molecular weight is 171 g/mol. The fraction of sp³-hybridized carbons (Fsp3) is 0.250. The van der Waals surface area contributed by atoms with Crippen LogP contribution >= 0.6 is 0 Å². The van der Waals surface area contributed by atoms with Crippen LogP contribution < -0.4 is 0 Å². The molecule has 0 aromatic heterocycles. The van der Waals surface area contributed by atoms with Crippen LogP contribution in [0, 0.1) is 11.3 Å². The molecule has 1 nitrogen and oxygen atoms in total. The van der Waals surface area contributed by atoms with Gasteiger partial charge in [-0.2, -0.15) is 5.26 Å². The molecule has 0 saturated heterocycles. The Balaban J connectivity index is 2.83. The van der Waals surface area contributed by atoms with Crippen LogP contribution in [-0.2, 0) is 0 Å². The Bertz CT molecular complexity index is 306. The molecule has 1 aromatic rings. The molecule has 66 valence electrons. The van der Waals surface area contributed by atoms with Crippen molar-refractivity contribution in [2.75, 3.05) is 0 Å². The minimum atomic E-state index is 0.246. The predicted molar refractivity (Wildman–Crippen MR) is 54.2 cm³/mol. The fourth-order valence-electron chi connectivity index (χ4n) is 1.33. The molecule has 0 heterocycles. The molecule has 0 spiro atoms. The lowest BCUT2D eigenvalue weighted by atomic mass is 9.96. The summed E-state index contributed by atoms with van der Waals surface area (Å²) in [5, 5.41) is 8.64. The normalized spacial score (nSPS) is 12.6. The summed E-state index contributed by atoms with van der Waals surface area (Å²) in [6.07, 6.45) is 4.61. The van der Waals surface area contributed by atoms with Gasteiger partial charge in [0, 0.05) is 12.3 Å². The van der Waals surface area contributed by atoms with Crippen molar-refractivity contribution in [2.24, 2.45) is 0 Å². The van der Waals surface area contributed by atoms with E-state index >= 15 is 0 Å². The van der Waals surface area contributed by atoms with E-state index in [1.165, 1.54) is 5.56 Å². The summed E-state index contributed by atoms with van der Waals surface area (Å²) in [6, 6.07) is 12.3. The first kappa shape index (κ1) is 9.54. The van der Waals surface area contributed by atoms with Gasteiger partial charge in [-0.15, -0.1) is 0 Å². The molecule has 0 amide bonds. The maximum Gasteiger partial charge on any atom is 0.0631 e. The summed E-state index contributed by atoms with van der Waals surface area (Å²) < 4.78 is 0. The van der Waals surface area contributed by atoms with Gasteiger partial charge in [-0.05, 0) is 12.5 Å². The van der Waals surface area contributed by atoms with Crippen molar-refractivity contribution >= 4 is 0 Å². The van der Waals surface area contributed by atoms with E-state index in [2.05, 4.69) is 24.3 Å². The zero-order valence-electron chi connectivity index (χ0n) is 7.77. The summed E-state index contributed by atoms with van der Waals surface area (Å²) in [6.45, 7) is 1.98. The summed E-state index contributed by atoms with van der Waals surface area (Å²) in [7, 11) is 0. The quantitative estimate of drug-likeness (QED) is 0.640. The Morgan fingerprint density at radius 1 is 1.38 bits per heavy atom. The Hall–Kier alpha value is -1.55. The smallest absolute Gasteiger partial charge is 0.0631 e. The Morgan fingerprint density at radius 3 is 2.62 bits per heavy atom. The summed E-state index contributed by atoms with van der Waals surface area (Å²) in [5.74, 6) is 0.246. The maximum absolute atomic E-state index is 8.64. The van der Waals surface area contributed by atoms with Gasteiger partial charge in [0.1, 0.15) is 0 Å². The van der Waals surface area contributed by atoms with Gasteiger partial charge in [0.2, 0.25) is 0 Å². The van der Waals surface area contributed by atoms with Crippen molar-refractivity contribution in [3.63, 3.8) is 0 Å². The Morgan fingerprint density at radius 2 is 2.08 bits per heavy atom. The first-order valence-corrected chi connectivity index (χ1v) is 4.43. The molecule has 1 aromatic carbocycles. The van der Waals surface area contributed by atoms with E-state index < -0.39 is 0 Å². The summed E-state index contributed by atoms with van der Waals surface area (Å²) in [4.78, 5) is 0. The van der Waals surface area contributed by atoms with E-state index in [1.54, 1.807) is 0 Å². The van der Waals surface area contributed by atoms with Gasteiger partial charge >= 0.3 is 0 Å². The van der Waals surface area contributed by atoms with Gasteiger partial charge < -0.3 is 0 Å². The lowest BCUT2D eigenvalue weighted by Crippen LogP contribution is -1.92.